The molecular weight excluding hydrogens is 669 g/mol. The van der Waals surface area contributed by atoms with Gasteiger partial charge in [0.2, 0.25) is 0 Å². The number of halogens is 1. The highest BCUT2D eigenvalue weighted by molar-refractivity contribution is 14.1. The molecule has 0 aromatic carbocycles. The van der Waals surface area contributed by atoms with Crippen LogP contribution in [0, 0.1) is 17.3 Å². The first kappa shape index (κ1) is 41.9. The van der Waals surface area contributed by atoms with E-state index in [9.17, 15) is 0 Å². The van der Waals surface area contributed by atoms with Crippen molar-refractivity contribution in [1.29, 1.82) is 0 Å². The van der Waals surface area contributed by atoms with E-state index in [-0.39, 0.29) is 20.9 Å². The summed E-state index contributed by atoms with van der Waals surface area (Å²) in [5.74, 6) is 1.47. The zero-order valence-electron chi connectivity index (χ0n) is 30.4. The van der Waals surface area contributed by atoms with Crippen molar-refractivity contribution in [1.82, 2.24) is 0 Å². The maximum atomic E-state index is 7.70. The van der Waals surface area contributed by atoms with Crippen LogP contribution in [-0.4, -0.2) is 52.3 Å². The van der Waals surface area contributed by atoms with Gasteiger partial charge in [0.25, 0.3) is 0 Å². The Hall–Kier alpha value is 0.700. The van der Waals surface area contributed by atoms with Gasteiger partial charge in [0, 0.05) is 16.6 Å². The Morgan fingerprint density at radius 1 is 0.756 bits per heavy atom. The maximum Gasteiger partial charge on any atom is 0.180 e. The lowest BCUT2D eigenvalue weighted by atomic mass is 9.40. The minimum absolute atomic E-state index is 0.126. The monoisotopic (exact) mass is 740 g/mol. The van der Waals surface area contributed by atoms with Gasteiger partial charge in [-0.2, -0.15) is 0 Å². The molecule has 0 spiro atoms. The van der Waals surface area contributed by atoms with E-state index in [1.807, 2.05) is 0 Å². The topological polar surface area (TPSA) is 36.9 Å². The molecular formula is C38H71B2IO4. The van der Waals surface area contributed by atoms with Crippen LogP contribution in [0.3, 0.4) is 0 Å². The van der Waals surface area contributed by atoms with Gasteiger partial charge in [0.05, 0.1) is 28.9 Å². The normalized spacial score (nSPS) is 32.2. The van der Waals surface area contributed by atoms with E-state index in [0.717, 1.165) is 57.8 Å². The number of hydrogen-bond donors (Lipinski definition) is 0. The molecule has 2 rings (SSSR count). The number of alkyl halides is 1. The lowest BCUT2D eigenvalue weighted by molar-refractivity contribution is -0.350. The average Bonchev–Trinajstić information content (AvgIpc) is 2.96. The van der Waals surface area contributed by atoms with E-state index in [0.29, 0.717) is 12.5 Å². The summed E-state index contributed by atoms with van der Waals surface area (Å²) in [5, 5.41) is -0.801. The molecule has 45 heavy (non-hydrogen) atoms. The van der Waals surface area contributed by atoms with Crippen LogP contribution < -0.4 is 0 Å². The summed E-state index contributed by atoms with van der Waals surface area (Å²) in [7, 11) is 15.0. The van der Waals surface area contributed by atoms with Crippen molar-refractivity contribution in [3.05, 3.63) is 0 Å². The predicted molar refractivity (Wildman–Crippen MR) is 202 cm³/mol. The molecule has 0 aliphatic heterocycles. The van der Waals surface area contributed by atoms with Gasteiger partial charge in [-0.25, -0.2) is 9.78 Å². The molecule has 0 bridgehead atoms. The van der Waals surface area contributed by atoms with Crippen LogP contribution in [0.15, 0.2) is 0 Å². The molecule has 0 aromatic rings. The number of hydrogen-bond acceptors (Lipinski definition) is 4. The molecule has 3 unspecified atom stereocenters. The Labute approximate surface area is 296 Å². The highest BCUT2D eigenvalue weighted by Gasteiger charge is 2.54. The summed E-state index contributed by atoms with van der Waals surface area (Å²) < 4.78 is 11.2. The van der Waals surface area contributed by atoms with Gasteiger partial charge in [-0.3, -0.25) is 0 Å². The minimum Gasteiger partial charge on any atom is -0.382 e. The first-order chi connectivity index (χ1) is 21.5. The smallest absolute Gasteiger partial charge is 0.180 e. The summed E-state index contributed by atoms with van der Waals surface area (Å²) in [5.41, 5.74) is -0.345. The van der Waals surface area contributed by atoms with E-state index < -0.39 is 5.31 Å². The van der Waals surface area contributed by atoms with E-state index in [4.69, 9.17) is 34.9 Å². The third-order valence-corrected chi connectivity index (χ3v) is 12.8. The Bertz CT molecular complexity index is 747. The summed E-state index contributed by atoms with van der Waals surface area (Å²) in [4.78, 5) is 11.5. The van der Waals surface area contributed by atoms with Gasteiger partial charge >= 0.3 is 0 Å². The van der Waals surface area contributed by atoms with Crippen molar-refractivity contribution >= 4 is 38.3 Å². The van der Waals surface area contributed by atoms with Crippen LogP contribution in [0.1, 0.15) is 176 Å². The Morgan fingerprint density at radius 2 is 1.31 bits per heavy atom. The Morgan fingerprint density at radius 3 is 1.87 bits per heavy atom. The fourth-order valence-electron chi connectivity index (χ4n) is 8.05. The minimum atomic E-state index is -0.527. The van der Waals surface area contributed by atoms with Gasteiger partial charge in [0.15, 0.2) is 6.79 Å². The van der Waals surface area contributed by atoms with Crippen molar-refractivity contribution in [2.24, 2.45) is 17.3 Å². The first-order valence-corrected chi connectivity index (χ1v) is 20.2. The fraction of sp³-hybridized carbons (Fsp3) is 1.00. The van der Waals surface area contributed by atoms with Crippen LogP contribution in [0.25, 0.3) is 0 Å². The van der Waals surface area contributed by atoms with E-state index in [1.54, 1.807) is 0 Å². The van der Waals surface area contributed by atoms with Gasteiger partial charge in [-0.05, 0) is 61.6 Å². The van der Waals surface area contributed by atoms with E-state index in [1.165, 1.54) is 109 Å². The summed E-state index contributed by atoms with van der Waals surface area (Å²) >= 11 is 2.68. The zero-order valence-corrected chi connectivity index (χ0v) is 32.6. The molecule has 260 valence electrons. The molecule has 0 aromatic heterocycles. The lowest BCUT2D eigenvalue weighted by Gasteiger charge is -2.57. The van der Waals surface area contributed by atoms with Crippen molar-refractivity contribution < 1.29 is 19.2 Å². The quantitative estimate of drug-likeness (QED) is 0.0319. The second-order valence-electron chi connectivity index (χ2n) is 15.8. The van der Waals surface area contributed by atoms with Crippen LogP contribution in [-0.2, 0) is 19.2 Å². The Balaban J connectivity index is 1.96. The van der Waals surface area contributed by atoms with Gasteiger partial charge in [-0.15, -0.1) is 0 Å². The molecule has 2 aliphatic rings. The number of ether oxygens (including phenoxy) is 2. The average molecular weight is 741 g/mol. The van der Waals surface area contributed by atoms with Crippen LogP contribution >= 0.6 is 22.6 Å². The highest BCUT2D eigenvalue weighted by atomic mass is 127. The molecule has 0 N–H and O–H groups in total. The lowest BCUT2D eigenvalue weighted by Crippen LogP contribution is -2.50. The predicted octanol–water partition coefficient (Wildman–Crippen LogP) is 11.7. The van der Waals surface area contributed by atoms with Crippen LogP contribution in [0.5, 0.6) is 0 Å². The van der Waals surface area contributed by atoms with Crippen molar-refractivity contribution in [2.45, 2.75) is 190 Å². The summed E-state index contributed by atoms with van der Waals surface area (Å²) in [6.07, 6.45) is 27.3. The van der Waals surface area contributed by atoms with Gasteiger partial charge < -0.3 is 9.47 Å². The second-order valence-corrected chi connectivity index (χ2v) is 18.2. The van der Waals surface area contributed by atoms with Gasteiger partial charge in [0.1, 0.15) is 0 Å². The molecule has 4 nitrogen and oxygen atoms in total. The van der Waals surface area contributed by atoms with Crippen molar-refractivity contribution in [3.8, 4) is 0 Å². The zero-order chi connectivity index (χ0) is 33.1. The molecule has 0 amide bonds. The third-order valence-electron chi connectivity index (χ3n) is 11.3. The second kappa shape index (κ2) is 22.4. The molecule has 0 saturated heterocycles. The SMILES string of the molecule is [B]C1(CCC)CCCCCCCCCCCCCCCC(C)(I)C([B])(C(C)(C)COOCOCC2CC(CCCOCC)C2)C1. The number of rotatable bonds is 15. The van der Waals surface area contributed by atoms with Gasteiger partial charge in [-0.1, -0.05) is 165 Å². The summed E-state index contributed by atoms with van der Waals surface area (Å²) in [6, 6.07) is 0. The summed E-state index contributed by atoms with van der Waals surface area (Å²) in [6.45, 7) is 14.2. The molecule has 0 heterocycles. The molecule has 7 heteroatoms. The van der Waals surface area contributed by atoms with Crippen LogP contribution in [0.2, 0.25) is 10.6 Å². The third kappa shape index (κ3) is 15.4. The molecule has 2 fully saturated rings. The fourth-order valence-corrected chi connectivity index (χ4v) is 9.35. The first-order valence-electron chi connectivity index (χ1n) is 19.2. The molecule has 2 aliphatic carbocycles. The Kier molecular flexibility index (Phi) is 20.9. The van der Waals surface area contributed by atoms with E-state index >= 15 is 0 Å². The van der Waals surface area contributed by atoms with Crippen molar-refractivity contribution in [2.75, 3.05) is 33.2 Å². The standard InChI is InChI=1S/C38H71B2IO4/c1-6-23-37(39)25-20-18-16-14-12-10-8-9-11-13-15-17-19-24-36(5,41)38(40,30-37)35(3,4)31-44-45-32-43-29-34-27-33(28-34)22-21-26-42-7-2/h33-34H,6-32H2,1-5H3. The largest absolute Gasteiger partial charge is 0.382 e. The maximum absolute atomic E-state index is 7.70. The highest BCUT2D eigenvalue weighted by Crippen LogP contribution is 2.65. The molecule has 2 saturated carbocycles. The van der Waals surface area contributed by atoms with E-state index in [2.05, 4.69) is 57.2 Å². The molecule has 3 atom stereocenters. The molecule has 4 radical (unpaired) electrons. The van der Waals surface area contributed by atoms with Crippen molar-refractivity contribution in [3.63, 3.8) is 0 Å². The van der Waals surface area contributed by atoms with Crippen LogP contribution in [0.4, 0.5) is 0 Å².